The van der Waals surface area contributed by atoms with Crippen LogP contribution in [-0.4, -0.2) is 6.17 Å². The van der Waals surface area contributed by atoms with Gasteiger partial charge in [0.1, 0.15) is 6.17 Å². The molecule has 2 N–H and O–H groups in total. The molecule has 0 bridgehead atoms. The molecule has 0 radical (unpaired) electrons. The second-order valence-corrected chi connectivity index (χ2v) is 15.6. The van der Waals surface area contributed by atoms with Gasteiger partial charge in [-0.15, -0.1) is 0 Å². The summed E-state index contributed by atoms with van der Waals surface area (Å²) < 4.78 is 0. The van der Waals surface area contributed by atoms with Gasteiger partial charge in [-0.3, -0.25) is 0 Å². The molecule has 8 aromatic carbocycles. The van der Waals surface area contributed by atoms with E-state index < -0.39 is 0 Å². The Bertz CT molecular complexity index is 2820. The van der Waals surface area contributed by atoms with Crippen LogP contribution in [-0.2, 0) is 5.41 Å². The van der Waals surface area contributed by atoms with Crippen LogP contribution in [0, 0.1) is 0 Å². The minimum atomic E-state index is -0.368. The SMILES string of the molecule is CCC1Nc2ccccc2N1c1ccc(-c2ccc(C3Nc4ccccc4-c4c3ccc3c4-c4ccccc4C34c3ccccc3-c3ccccc34)cc2)cc1. The number of para-hydroxylation sites is 3. The van der Waals surface area contributed by atoms with Crippen molar-refractivity contribution in [1.82, 2.24) is 0 Å². The fraction of sp³-hybridized carbons (Fsp3) is 0.0943. The number of anilines is 4. The molecular formula is C53H39N3. The Kier molecular flexibility index (Phi) is 6.65. The molecule has 0 aromatic heterocycles. The van der Waals surface area contributed by atoms with Crippen molar-refractivity contribution in [3.63, 3.8) is 0 Å². The first-order chi connectivity index (χ1) is 27.7. The van der Waals surface area contributed by atoms with Gasteiger partial charge in [0, 0.05) is 16.9 Å². The molecule has 4 aliphatic rings. The van der Waals surface area contributed by atoms with Gasteiger partial charge in [0.05, 0.1) is 22.8 Å². The number of hydrogen-bond donors (Lipinski definition) is 2. The quantitative estimate of drug-likeness (QED) is 0.190. The number of nitrogens with one attached hydrogen (secondary N) is 2. The molecule has 2 heterocycles. The van der Waals surface area contributed by atoms with Gasteiger partial charge in [0.2, 0.25) is 0 Å². The predicted molar refractivity (Wildman–Crippen MR) is 232 cm³/mol. The molecule has 266 valence electrons. The largest absolute Gasteiger partial charge is 0.374 e. The summed E-state index contributed by atoms with van der Waals surface area (Å²) in [4.78, 5) is 2.42. The maximum atomic E-state index is 3.98. The van der Waals surface area contributed by atoms with Gasteiger partial charge in [0.25, 0.3) is 0 Å². The van der Waals surface area contributed by atoms with Gasteiger partial charge in [0.15, 0.2) is 0 Å². The maximum Gasteiger partial charge on any atom is 0.104 e. The second kappa shape index (κ2) is 11.8. The van der Waals surface area contributed by atoms with Crippen LogP contribution in [0.15, 0.2) is 182 Å². The zero-order chi connectivity index (χ0) is 37.0. The van der Waals surface area contributed by atoms with E-state index in [1.165, 1.54) is 101 Å². The number of hydrogen-bond acceptors (Lipinski definition) is 3. The van der Waals surface area contributed by atoms with Crippen molar-refractivity contribution in [1.29, 1.82) is 0 Å². The average Bonchev–Trinajstić information content (AvgIpc) is 3.90. The standard InChI is InChI=1S/C53H39N3/c1-2-49-54-47-21-11-12-22-48(47)56(49)36-29-27-34(28-30-36)33-23-25-35(26-24-33)52-41-31-32-45-51(50(41)40-16-6-10-20-46(40)55-52)39-15-5-9-19-44(39)53(45)42-17-7-3-13-37(42)38-14-4-8-18-43(38)53/h3-32,49,52,54-55H,2H2,1H3. The van der Waals surface area contributed by atoms with E-state index in [0.29, 0.717) is 0 Å². The molecule has 0 saturated heterocycles. The highest BCUT2D eigenvalue weighted by Gasteiger charge is 2.52. The molecule has 0 fully saturated rings. The lowest BCUT2D eigenvalue weighted by molar-refractivity contribution is 0.728. The molecule has 1 spiro atoms. The Hall–Kier alpha value is -6.84. The highest BCUT2D eigenvalue weighted by atomic mass is 15.3. The lowest BCUT2D eigenvalue weighted by Gasteiger charge is -2.34. The fourth-order valence-electron chi connectivity index (χ4n) is 10.6. The summed E-state index contributed by atoms with van der Waals surface area (Å²) in [6.07, 6.45) is 1.26. The van der Waals surface area contributed by atoms with E-state index in [4.69, 9.17) is 0 Å². The zero-order valence-corrected chi connectivity index (χ0v) is 31.1. The first-order valence-corrected chi connectivity index (χ1v) is 19.9. The van der Waals surface area contributed by atoms with E-state index in [0.717, 1.165) is 6.42 Å². The lowest BCUT2D eigenvalue weighted by atomic mass is 9.70. The van der Waals surface area contributed by atoms with Crippen molar-refractivity contribution in [2.24, 2.45) is 0 Å². The third-order valence-electron chi connectivity index (χ3n) is 12.9. The van der Waals surface area contributed by atoms with Crippen molar-refractivity contribution in [3.8, 4) is 44.5 Å². The minimum absolute atomic E-state index is 0.00204. The normalized spacial score (nSPS) is 17.1. The Balaban J connectivity index is 0.969. The van der Waals surface area contributed by atoms with E-state index in [1.54, 1.807) is 0 Å². The molecule has 0 saturated carbocycles. The predicted octanol–water partition coefficient (Wildman–Crippen LogP) is 13.2. The average molecular weight is 718 g/mol. The van der Waals surface area contributed by atoms with Crippen molar-refractivity contribution >= 4 is 22.7 Å². The highest BCUT2D eigenvalue weighted by Crippen LogP contribution is 2.65. The summed E-state index contributed by atoms with van der Waals surface area (Å²) >= 11 is 0. The topological polar surface area (TPSA) is 27.3 Å². The summed E-state index contributed by atoms with van der Waals surface area (Å²) in [5.74, 6) is 0. The van der Waals surface area contributed by atoms with Crippen LogP contribution in [0.5, 0.6) is 0 Å². The Morgan fingerprint density at radius 3 is 1.70 bits per heavy atom. The maximum absolute atomic E-state index is 3.98. The van der Waals surface area contributed by atoms with E-state index in [-0.39, 0.29) is 17.6 Å². The number of benzene rings is 8. The minimum Gasteiger partial charge on any atom is -0.374 e. The van der Waals surface area contributed by atoms with Crippen LogP contribution in [0.4, 0.5) is 22.7 Å². The molecule has 0 amide bonds. The molecule has 3 heteroatoms. The van der Waals surface area contributed by atoms with Crippen LogP contribution in [0.2, 0.25) is 0 Å². The number of rotatable bonds is 4. The van der Waals surface area contributed by atoms with E-state index in [1.807, 2.05) is 0 Å². The van der Waals surface area contributed by atoms with E-state index in [9.17, 15) is 0 Å². The molecule has 12 rings (SSSR count). The van der Waals surface area contributed by atoms with Gasteiger partial charge in [-0.05, 0) is 109 Å². The van der Waals surface area contributed by atoms with Gasteiger partial charge < -0.3 is 15.5 Å². The summed E-state index contributed by atoms with van der Waals surface area (Å²) in [7, 11) is 0. The Morgan fingerprint density at radius 2 is 1.02 bits per heavy atom. The van der Waals surface area contributed by atoms with Crippen LogP contribution in [0.25, 0.3) is 44.5 Å². The van der Waals surface area contributed by atoms with Crippen LogP contribution in [0.1, 0.15) is 52.8 Å². The molecule has 56 heavy (non-hydrogen) atoms. The van der Waals surface area contributed by atoms with E-state index >= 15 is 0 Å². The van der Waals surface area contributed by atoms with Crippen molar-refractivity contribution in [3.05, 3.63) is 215 Å². The summed E-state index contributed by atoms with van der Waals surface area (Å²) in [5.41, 5.74) is 22.9. The fourth-order valence-corrected chi connectivity index (χ4v) is 10.6. The van der Waals surface area contributed by atoms with Crippen molar-refractivity contribution in [2.75, 3.05) is 15.5 Å². The summed E-state index contributed by atoms with van der Waals surface area (Å²) in [5, 5.41) is 7.67. The molecular weight excluding hydrogens is 679 g/mol. The van der Waals surface area contributed by atoms with Crippen molar-refractivity contribution in [2.45, 2.75) is 31.0 Å². The van der Waals surface area contributed by atoms with Gasteiger partial charge in [-0.25, -0.2) is 0 Å². The smallest absolute Gasteiger partial charge is 0.104 e. The second-order valence-electron chi connectivity index (χ2n) is 15.6. The van der Waals surface area contributed by atoms with Gasteiger partial charge >= 0.3 is 0 Å². The first kappa shape index (κ1) is 31.5. The molecule has 8 aromatic rings. The van der Waals surface area contributed by atoms with Crippen molar-refractivity contribution < 1.29 is 0 Å². The highest BCUT2D eigenvalue weighted by molar-refractivity contribution is 6.03. The van der Waals surface area contributed by atoms with Crippen LogP contribution < -0.4 is 15.5 Å². The monoisotopic (exact) mass is 717 g/mol. The third kappa shape index (κ3) is 4.17. The van der Waals surface area contributed by atoms with Gasteiger partial charge in [-0.2, -0.15) is 0 Å². The van der Waals surface area contributed by atoms with Gasteiger partial charge in [-0.1, -0.05) is 159 Å². The molecule has 3 nitrogen and oxygen atoms in total. The summed E-state index contributed by atoms with van der Waals surface area (Å²) in [6, 6.07) is 67.9. The van der Waals surface area contributed by atoms with Crippen LogP contribution in [0.3, 0.4) is 0 Å². The number of fused-ring (bicyclic) bond motifs is 15. The molecule has 2 aliphatic heterocycles. The first-order valence-electron chi connectivity index (χ1n) is 19.9. The summed E-state index contributed by atoms with van der Waals surface area (Å²) in [6.45, 7) is 2.24. The lowest BCUT2D eigenvalue weighted by Crippen LogP contribution is -2.30. The zero-order valence-electron chi connectivity index (χ0n) is 31.1. The Labute approximate surface area is 327 Å². The third-order valence-corrected chi connectivity index (χ3v) is 12.9. The van der Waals surface area contributed by atoms with E-state index in [2.05, 4.69) is 204 Å². The van der Waals surface area contributed by atoms with Crippen LogP contribution >= 0.6 is 0 Å². The molecule has 2 atom stereocenters. The Morgan fingerprint density at radius 1 is 0.464 bits per heavy atom. The molecule has 2 aliphatic carbocycles. The number of nitrogens with zero attached hydrogens (tertiary/aromatic N) is 1. The molecule has 2 unspecified atom stereocenters.